The number of thiazole rings is 1. The number of hydrogen-bond donors (Lipinski definition) is 3. The molecule has 0 unspecified atom stereocenters. The number of nitrogen functional groups attached to an aromatic ring is 1. The Morgan fingerprint density at radius 1 is 0.927 bits per heavy atom. The minimum Gasteiger partial charge on any atom is -0.444 e. The van der Waals surface area contributed by atoms with Gasteiger partial charge in [0, 0.05) is 28.7 Å². The van der Waals surface area contributed by atoms with Gasteiger partial charge in [-0.3, -0.25) is 4.79 Å². The molecule has 12 heteroatoms. The standard InChI is InChI=1S/C29H19F2N7O2S/c30-18-7-8-22(31)21(13-18)27(39)35-19-5-2-4-17(12-19)25-26(41-28(32)38-25)23-9-10-34-29(37-23)36-20-6-1-3-16(11-20)24-14-33-15-40-24/h1-15H,(H2,32,38)(H,35,39)(H,34,36,37). The monoisotopic (exact) mass is 567 g/mol. The fourth-order valence-corrected chi connectivity index (χ4v) is 4.93. The number of nitrogens with one attached hydrogen (secondary N) is 2. The van der Waals surface area contributed by atoms with Gasteiger partial charge < -0.3 is 20.8 Å². The average Bonchev–Trinajstić information content (AvgIpc) is 3.65. The van der Waals surface area contributed by atoms with Crippen molar-refractivity contribution in [2.75, 3.05) is 16.4 Å². The van der Waals surface area contributed by atoms with Gasteiger partial charge in [0.25, 0.3) is 5.91 Å². The van der Waals surface area contributed by atoms with Crippen molar-refractivity contribution in [3.63, 3.8) is 0 Å². The van der Waals surface area contributed by atoms with Crippen LogP contribution < -0.4 is 16.4 Å². The van der Waals surface area contributed by atoms with Crippen LogP contribution in [-0.4, -0.2) is 25.8 Å². The SMILES string of the molecule is Nc1nc(-c2cccc(NC(=O)c3cc(F)ccc3F)c2)c(-c2ccnc(Nc3cccc(-c4cnco4)c3)n2)s1. The number of aromatic nitrogens is 4. The maximum Gasteiger partial charge on any atom is 0.258 e. The molecule has 0 spiro atoms. The molecule has 0 saturated carbocycles. The predicted molar refractivity (Wildman–Crippen MR) is 153 cm³/mol. The first-order valence-electron chi connectivity index (χ1n) is 12.2. The van der Waals surface area contributed by atoms with Gasteiger partial charge in [0.2, 0.25) is 5.95 Å². The molecule has 0 saturated heterocycles. The Kier molecular flexibility index (Phi) is 6.88. The van der Waals surface area contributed by atoms with Crippen molar-refractivity contribution in [1.29, 1.82) is 0 Å². The van der Waals surface area contributed by atoms with Crippen molar-refractivity contribution in [1.82, 2.24) is 19.9 Å². The smallest absolute Gasteiger partial charge is 0.258 e. The van der Waals surface area contributed by atoms with E-state index >= 15 is 0 Å². The second kappa shape index (κ2) is 10.9. The van der Waals surface area contributed by atoms with Crippen LogP contribution in [-0.2, 0) is 0 Å². The quantitative estimate of drug-likeness (QED) is 0.192. The summed E-state index contributed by atoms with van der Waals surface area (Å²) in [6.07, 6.45) is 4.62. The van der Waals surface area contributed by atoms with E-state index in [1.54, 1.807) is 42.7 Å². The van der Waals surface area contributed by atoms with E-state index < -0.39 is 23.1 Å². The van der Waals surface area contributed by atoms with E-state index in [2.05, 4.69) is 30.6 Å². The highest BCUT2D eigenvalue weighted by atomic mass is 32.1. The van der Waals surface area contributed by atoms with Crippen LogP contribution in [0.15, 0.2) is 96.0 Å². The Morgan fingerprint density at radius 3 is 2.56 bits per heavy atom. The first-order valence-corrected chi connectivity index (χ1v) is 13.0. The maximum absolute atomic E-state index is 14.1. The fourth-order valence-electron chi connectivity index (χ4n) is 4.10. The van der Waals surface area contributed by atoms with Crippen molar-refractivity contribution >= 4 is 39.7 Å². The van der Waals surface area contributed by atoms with Gasteiger partial charge in [-0.05, 0) is 48.5 Å². The molecule has 3 heterocycles. The lowest BCUT2D eigenvalue weighted by atomic mass is 10.1. The summed E-state index contributed by atoms with van der Waals surface area (Å²) in [4.78, 5) is 30.8. The number of anilines is 4. The number of nitrogens with two attached hydrogens (primary N) is 1. The molecule has 0 bridgehead atoms. The van der Waals surface area contributed by atoms with Crippen molar-refractivity contribution in [2.45, 2.75) is 0 Å². The van der Waals surface area contributed by atoms with Gasteiger partial charge in [0.15, 0.2) is 17.3 Å². The van der Waals surface area contributed by atoms with Gasteiger partial charge in [-0.2, -0.15) is 0 Å². The molecule has 0 aliphatic carbocycles. The van der Waals surface area contributed by atoms with Crippen LogP contribution in [0.5, 0.6) is 0 Å². The summed E-state index contributed by atoms with van der Waals surface area (Å²) >= 11 is 1.25. The molecular formula is C29H19F2N7O2S. The normalized spacial score (nSPS) is 10.9. The molecular weight excluding hydrogens is 548 g/mol. The summed E-state index contributed by atoms with van der Waals surface area (Å²) in [5.74, 6) is -1.33. The summed E-state index contributed by atoms with van der Waals surface area (Å²) in [5.41, 5.74) is 9.40. The van der Waals surface area contributed by atoms with Crippen LogP contribution in [0.4, 0.5) is 31.2 Å². The minimum absolute atomic E-state index is 0.319. The number of amides is 1. The second-order valence-electron chi connectivity index (χ2n) is 8.73. The number of oxazole rings is 1. The third-order valence-corrected chi connectivity index (χ3v) is 6.84. The van der Waals surface area contributed by atoms with Crippen LogP contribution >= 0.6 is 11.3 Å². The fraction of sp³-hybridized carbons (Fsp3) is 0. The molecule has 0 fully saturated rings. The summed E-state index contributed by atoms with van der Waals surface area (Å²) in [5, 5.41) is 6.13. The zero-order valence-electron chi connectivity index (χ0n) is 21.0. The third-order valence-electron chi connectivity index (χ3n) is 5.93. The molecule has 3 aromatic carbocycles. The minimum atomic E-state index is -0.826. The highest BCUT2D eigenvalue weighted by molar-refractivity contribution is 7.19. The van der Waals surface area contributed by atoms with E-state index in [4.69, 9.17) is 10.2 Å². The lowest BCUT2D eigenvalue weighted by molar-refractivity contribution is 0.102. The Labute approximate surface area is 235 Å². The Hall–Kier alpha value is -5.49. The van der Waals surface area contributed by atoms with E-state index in [9.17, 15) is 13.6 Å². The van der Waals surface area contributed by atoms with Gasteiger partial charge >= 0.3 is 0 Å². The van der Waals surface area contributed by atoms with Crippen LogP contribution in [0.25, 0.3) is 33.2 Å². The highest BCUT2D eigenvalue weighted by Gasteiger charge is 2.18. The first-order chi connectivity index (χ1) is 19.9. The van der Waals surface area contributed by atoms with Gasteiger partial charge in [-0.15, -0.1) is 0 Å². The van der Waals surface area contributed by atoms with Gasteiger partial charge in [0.05, 0.1) is 28.0 Å². The number of halogens is 2. The van der Waals surface area contributed by atoms with Crippen LogP contribution in [0, 0.1) is 11.6 Å². The van der Waals surface area contributed by atoms with E-state index in [1.807, 2.05) is 24.3 Å². The molecule has 3 aromatic heterocycles. The van der Waals surface area contributed by atoms with Crippen LogP contribution in [0.1, 0.15) is 10.4 Å². The average molecular weight is 568 g/mol. The molecule has 0 aliphatic heterocycles. The van der Waals surface area contributed by atoms with Gasteiger partial charge in [-0.1, -0.05) is 35.6 Å². The van der Waals surface area contributed by atoms with E-state index in [-0.39, 0.29) is 0 Å². The van der Waals surface area contributed by atoms with E-state index in [0.717, 1.165) is 29.4 Å². The lowest BCUT2D eigenvalue weighted by Crippen LogP contribution is -2.14. The number of nitrogens with zero attached hydrogens (tertiary/aromatic N) is 4. The largest absolute Gasteiger partial charge is 0.444 e. The number of rotatable bonds is 7. The molecule has 202 valence electrons. The maximum atomic E-state index is 14.1. The molecule has 6 aromatic rings. The summed E-state index contributed by atoms with van der Waals surface area (Å²) in [7, 11) is 0. The topological polar surface area (TPSA) is 132 Å². The van der Waals surface area contributed by atoms with Crippen LogP contribution in [0.3, 0.4) is 0 Å². The van der Waals surface area contributed by atoms with E-state index in [0.29, 0.717) is 44.4 Å². The summed E-state index contributed by atoms with van der Waals surface area (Å²) in [6.45, 7) is 0. The second-order valence-corrected chi connectivity index (χ2v) is 9.76. The zero-order valence-corrected chi connectivity index (χ0v) is 21.8. The zero-order chi connectivity index (χ0) is 28.3. The third kappa shape index (κ3) is 5.63. The number of hydrogen-bond acceptors (Lipinski definition) is 9. The molecule has 0 radical (unpaired) electrons. The Morgan fingerprint density at radius 2 is 1.73 bits per heavy atom. The Bertz CT molecular complexity index is 1880. The molecule has 41 heavy (non-hydrogen) atoms. The number of benzene rings is 3. The first kappa shape index (κ1) is 25.8. The molecule has 9 nitrogen and oxygen atoms in total. The van der Waals surface area contributed by atoms with Crippen molar-refractivity contribution in [3.8, 4) is 33.2 Å². The van der Waals surface area contributed by atoms with E-state index in [1.165, 1.54) is 17.7 Å². The molecule has 4 N–H and O–H groups in total. The van der Waals surface area contributed by atoms with Crippen LogP contribution in [0.2, 0.25) is 0 Å². The highest BCUT2D eigenvalue weighted by Crippen LogP contribution is 2.38. The molecule has 0 aliphatic rings. The lowest BCUT2D eigenvalue weighted by Gasteiger charge is -2.09. The van der Waals surface area contributed by atoms with Crippen molar-refractivity contribution in [3.05, 3.63) is 109 Å². The summed E-state index contributed by atoms with van der Waals surface area (Å²) < 4.78 is 33.0. The Balaban J connectivity index is 1.27. The number of carbonyl (C=O) groups is 1. The number of carbonyl (C=O) groups excluding carboxylic acids is 1. The van der Waals surface area contributed by atoms with Gasteiger partial charge in [-0.25, -0.2) is 28.7 Å². The molecule has 0 atom stereocenters. The van der Waals surface area contributed by atoms with Crippen molar-refractivity contribution < 1.29 is 18.0 Å². The predicted octanol–water partition coefficient (Wildman–Crippen LogP) is 6.78. The van der Waals surface area contributed by atoms with Crippen molar-refractivity contribution in [2.24, 2.45) is 0 Å². The molecule has 6 rings (SSSR count). The summed E-state index contributed by atoms with van der Waals surface area (Å²) in [6, 6.07) is 18.8. The van der Waals surface area contributed by atoms with Gasteiger partial charge in [0.1, 0.15) is 11.6 Å². The molecule has 1 amide bonds.